The third-order valence-corrected chi connectivity index (χ3v) is 4.46. The van der Waals surface area contributed by atoms with Gasteiger partial charge in [-0.15, -0.1) is 22.9 Å². The van der Waals surface area contributed by atoms with Gasteiger partial charge in [-0.3, -0.25) is 0 Å². The van der Waals surface area contributed by atoms with Gasteiger partial charge in [0, 0.05) is 19.8 Å². The van der Waals surface area contributed by atoms with Gasteiger partial charge in [0.15, 0.2) is 0 Å². The van der Waals surface area contributed by atoms with E-state index in [1.165, 1.54) is 19.2 Å². The van der Waals surface area contributed by atoms with E-state index in [2.05, 4.69) is 28.0 Å². The van der Waals surface area contributed by atoms with Crippen molar-refractivity contribution in [3.63, 3.8) is 0 Å². The van der Waals surface area contributed by atoms with E-state index in [0.29, 0.717) is 5.88 Å². The molecule has 0 aliphatic rings. The van der Waals surface area contributed by atoms with Crippen LogP contribution < -0.4 is 5.73 Å². The Hall–Kier alpha value is -0.000000000000000111. The molecule has 2 aromatic rings. The highest BCUT2D eigenvalue weighted by Gasteiger charge is 2.06. The van der Waals surface area contributed by atoms with Crippen LogP contribution in [0.3, 0.4) is 0 Å². The largest absolute Gasteiger partial charge is 0.399 e. The van der Waals surface area contributed by atoms with Gasteiger partial charge in [0.1, 0.15) is 0 Å². The van der Waals surface area contributed by atoms with Gasteiger partial charge in [0.25, 0.3) is 0 Å². The second kappa shape index (κ2) is 3.63. The summed E-state index contributed by atoms with van der Waals surface area (Å²) < 4.78 is 2.49. The zero-order valence-corrected chi connectivity index (χ0v) is 10.4. The van der Waals surface area contributed by atoms with Crippen molar-refractivity contribution in [2.75, 3.05) is 5.73 Å². The van der Waals surface area contributed by atoms with Crippen molar-refractivity contribution >= 4 is 61.3 Å². The lowest BCUT2D eigenvalue weighted by atomic mass is 10.2. The fourth-order valence-corrected chi connectivity index (χ4v) is 3.57. The lowest BCUT2D eigenvalue weighted by Gasteiger charge is -1.98. The van der Waals surface area contributed by atoms with E-state index in [0.717, 1.165) is 5.69 Å². The number of nitrogen functional groups attached to an aromatic ring is 1. The third kappa shape index (κ3) is 1.65. The number of hydrogen-bond donors (Lipinski definition) is 1. The number of nitrogens with two attached hydrogens (primary N) is 1. The molecule has 68 valence electrons. The average Bonchev–Trinajstić information content (AvgIpc) is 2.47. The Bertz CT molecular complexity index is 452. The van der Waals surface area contributed by atoms with Crippen molar-refractivity contribution in [2.24, 2.45) is 0 Å². The van der Waals surface area contributed by atoms with Crippen LogP contribution in [-0.2, 0) is 5.88 Å². The summed E-state index contributed by atoms with van der Waals surface area (Å²) in [5.74, 6) is 0.555. The van der Waals surface area contributed by atoms with E-state index in [1.54, 1.807) is 11.3 Å². The first-order valence-corrected chi connectivity index (χ1v) is 6.22. The van der Waals surface area contributed by atoms with Crippen LogP contribution in [0.1, 0.15) is 5.56 Å². The molecule has 1 aromatic carbocycles. The third-order valence-electron chi connectivity index (χ3n) is 1.87. The van der Waals surface area contributed by atoms with Crippen molar-refractivity contribution in [3.05, 3.63) is 26.6 Å². The summed E-state index contributed by atoms with van der Waals surface area (Å²) in [6.45, 7) is 0. The smallest absolute Gasteiger partial charge is 0.0488 e. The molecule has 0 aliphatic heterocycles. The Labute approximate surface area is 99.0 Å². The molecule has 1 aromatic heterocycles. The van der Waals surface area contributed by atoms with Crippen LogP contribution >= 0.6 is 45.5 Å². The van der Waals surface area contributed by atoms with Crippen LogP contribution in [0.25, 0.3) is 10.1 Å². The molecule has 0 saturated carbocycles. The van der Waals surface area contributed by atoms with Crippen LogP contribution in [0, 0.1) is 3.57 Å². The first-order valence-electron chi connectivity index (χ1n) is 3.73. The first-order chi connectivity index (χ1) is 6.22. The molecule has 0 fully saturated rings. The fourth-order valence-electron chi connectivity index (χ4n) is 1.27. The van der Waals surface area contributed by atoms with Crippen LogP contribution in [-0.4, -0.2) is 0 Å². The molecule has 2 N–H and O–H groups in total. The Kier molecular flexibility index (Phi) is 2.67. The molecule has 0 bridgehead atoms. The van der Waals surface area contributed by atoms with Crippen molar-refractivity contribution in [1.29, 1.82) is 0 Å². The van der Waals surface area contributed by atoms with E-state index in [9.17, 15) is 0 Å². The van der Waals surface area contributed by atoms with Crippen molar-refractivity contribution in [2.45, 2.75) is 5.88 Å². The predicted molar refractivity (Wildman–Crippen MR) is 68.5 cm³/mol. The zero-order chi connectivity index (χ0) is 9.42. The molecule has 0 amide bonds. The summed E-state index contributed by atoms with van der Waals surface area (Å²) in [7, 11) is 0. The Morgan fingerprint density at radius 1 is 1.46 bits per heavy atom. The van der Waals surface area contributed by atoms with Crippen LogP contribution in [0.5, 0.6) is 0 Å². The monoisotopic (exact) mass is 323 g/mol. The van der Waals surface area contributed by atoms with E-state index >= 15 is 0 Å². The Balaban J connectivity index is 2.82. The van der Waals surface area contributed by atoms with Gasteiger partial charge in [-0.05, 0) is 51.1 Å². The second-order valence-electron chi connectivity index (χ2n) is 2.77. The predicted octanol–water partition coefficient (Wildman–Crippen LogP) is 3.83. The summed E-state index contributed by atoms with van der Waals surface area (Å²) in [6, 6.07) is 3.98. The minimum atomic E-state index is 0.555. The molecule has 2 rings (SSSR count). The summed E-state index contributed by atoms with van der Waals surface area (Å²) in [6.07, 6.45) is 0. The van der Waals surface area contributed by atoms with Gasteiger partial charge in [0.2, 0.25) is 0 Å². The average molecular weight is 324 g/mol. The molecular weight excluding hydrogens is 317 g/mol. The summed E-state index contributed by atoms with van der Waals surface area (Å²) in [5, 5.41) is 3.30. The highest BCUT2D eigenvalue weighted by molar-refractivity contribution is 14.1. The highest BCUT2D eigenvalue weighted by atomic mass is 127. The molecule has 0 unspecified atom stereocenters. The van der Waals surface area contributed by atoms with Crippen LogP contribution in [0.15, 0.2) is 17.5 Å². The molecular formula is C9H7ClINS. The maximum Gasteiger partial charge on any atom is 0.0488 e. The number of fused-ring (bicyclic) bond motifs is 1. The van der Waals surface area contributed by atoms with E-state index in [-0.39, 0.29) is 0 Å². The minimum Gasteiger partial charge on any atom is -0.399 e. The Morgan fingerprint density at radius 3 is 2.92 bits per heavy atom. The van der Waals surface area contributed by atoms with Gasteiger partial charge in [-0.1, -0.05) is 0 Å². The van der Waals surface area contributed by atoms with Gasteiger partial charge >= 0.3 is 0 Å². The maximum atomic E-state index is 5.82. The molecule has 1 nitrogen and oxygen atoms in total. The number of alkyl halides is 1. The SMILES string of the molecule is Nc1cc(I)c2scc(CCl)c2c1. The molecule has 1 heterocycles. The zero-order valence-electron chi connectivity index (χ0n) is 6.68. The van der Waals surface area contributed by atoms with Gasteiger partial charge in [-0.25, -0.2) is 0 Å². The molecule has 0 aliphatic carbocycles. The molecule has 13 heavy (non-hydrogen) atoms. The molecule has 0 radical (unpaired) electrons. The number of anilines is 1. The molecule has 0 saturated heterocycles. The normalized spacial score (nSPS) is 10.9. The maximum absolute atomic E-state index is 5.82. The first kappa shape index (κ1) is 9.55. The summed E-state index contributed by atoms with van der Waals surface area (Å²) in [4.78, 5) is 0. The van der Waals surface area contributed by atoms with Gasteiger partial charge in [0.05, 0.1) is 0 Å². The van der Waals surface area contributed by atoms with Crippen molar-refractivity contribution < 1.29 is 0 Å². The second-order valence-corrected chi connectivity index (χ2v) is 5.08. The lowest BCUT2D eigenvalue weighted by Crippen LogP contribution is -1.85. The molecule has 0 spiro atoms. The van der Waals surface area contributed by atoms with E-state index < -0.39 is 0 Å². The van der Waals surface area contributed by atoms with Crippen molar-refractivity contribution in [3.8, 4) is 0 Å². The van der Waals surface area contributed by atoms with Gasteiger partial charge in [-0.2, -0.15) is 0 Å². The molecule has 0 atom stereocenters. The van der Waals surface area contributed by atoms with Crippen molar-refractivity contribution in [1.82, 2.24) is 0 Å². The fraction of sp³-hybridized carbons (Fsp3) is 0.111. The number of benzene rings is 1. The summed E-state index contributed by atoms with van der Waals surface area (Å²) in [5.41, 5.74) is 7.74. The number of halogens is 2. The van der Waals surface area contributed by atoms with E-state index in [4.69, 9.17) is 17.3 Å². The topological polar surface area (TPSA) is 26.0 Å². The summed E-state index contributed by atoms with van der Waals surface area (Å²) >= 11 is 9.84. The van der Waals surface area contributed by atoms with Crippen LogP contribution in [0.4, 0.5) is 5.69 Å². The number of rotatable bonds is 1. The number of hydrogen-bond acceptors (Lipinski definition) is 2. The Morgan fingerprint density at radius 2 is 2.23 bits per heavy atom. The lowest BCUT2D eigenvalue weighted by molar-refractivity contribution is 1.50. The van der Waals surface area contributed by atoms with Crippen LogP contribution in [0.2, 0.25) is 0 Å². The highest BCUT2D eigenvalue weighted by Crippen LogP contribution is 2.32. The molecule has 4 heteroatoms. The minimum absolute atomic E-state index is 0.555. The quantitative estimate of drug-likeness (QED) is 0.482. The van der Waals surface area contributed by atoms with E-state index in [1.807, 2.05) is 12.1 Å². The standard InChI is InChI=1S/C9H7ClINS/c10-3-5-4-13-9-7(5)1-6(12)2-8(9)11/h1-2,4H,3,12H2. The van der Waals surface area contributed by atoms with Gasteiger partial charge < -0.3 is 5.73 Å². The number of thiophene rings is 1.